The van der Waals surface area contributed by atoms with Crippen LogP contribution in [0.4, 0.5) is 4.39 Å². The van der Waals surface area contributed by atoms with Crippen LogP contribution in [0, 0.1) is 5.95 Å². The average Bonchev–Trinajstić information content (AvgIpc) is 2.05. The molecule has 1 aliphatic rings. The highest BCUT2D eigenvalue weighted by atomic mass is 79.9. The van der Waals surface area contributed by atoms with Crippen LogP contribution in [0.1, 0.15) is 24.8 Å². The lowest BCUT2D eigenvalue weighted by Gasteiger charge is -2.38. The molecule has 0 spiro atoms. The topological polar surface area (TPSA) is 38.9 Å². The molecule has 70 valence electrons. The Morgan fingerprint density at radius 1 is 1.54 bits per heavy atom. The van der Waals surface area contributed by atoms with Crippen LogP contribution in [0.2, 0.25) is 0 Å². The lowest BCUT2D eigenvalue weighted by atomic mass is 9.73. The Bertz CT molecular complexity index is 336. The summed E-state index contributed by atoms with van der Waals surface area (Å²) in [6.45, 7) is 0. The van der Waals surface area contributed by atoms with Crippen molar-refractivity contribution in [3.8, 4) is 0 Å². The highest BCUT2D eigenvalue weighted by molar-refractivity contribution is 9.10. The number of hydrogen-bond acceptors (Lipinski definition) is 2. The zero-order valence-electron chi connectivity index (χ0n) is 7.06. The van der Waals surface area contributed by atoms with Crippen molar-refractivity contribution in [2.24, 2.45) is 5.73 Å². The predicted molar refractivity (Wildman–Crippen MR) is 51.6 cm³/mol. The lowest BCUT2D eigenvalue weighted by molar-refractivity contribution is 0.242. The van der Waals surface area contributed by atoms with Gasteiger partial charge in [0.1, 0.15) is 0 Å². The largest absolute Gasteiger partial charge is 0.321 e. The summed E-state index contributed by atoms with van der Waals surface area (Å²) in [4.78, 5) is 3.63. The number of rotatable bonds is 1. The van der Waals surface area contributed by atoms with Gasteiger partial charge in [0.2, 0.25) is 5.95 Å². The standard InChI is InChI=1S/C9H10BrFN2/c10-6-4-7(8(11)13-5-6)9(12)2-1-3-9/h4-5H,1-3,12H2. The van der Waals surface area contributed by atoms with Crippen LogP contribution in [0.5, 0.6) is 0 Å². The molecule has 4 heteroatoms. The van der Waals surface area contributed by atoms with Gasteiger partial charge in [0.25, 0.3) is 0 Å². The quantitative estimate of drug-likeness (QED) is 0.771. The van der Waals surface area contributed by atoms with E-state index in [1.165, 1.54) is 6.20 Å². The molecule has 1 fully saturated rings. The molecule has 1 aromatic heterocycles. The number of nitrogens with two attached hydrogens (primary N) is 1. The van der Waals surface area contributed by atoms with Crippen molar-refractivity contribution in [3.63, 3.8) is 0 Å². The van der Waals surface area contributed by atoms with Crippen LogP contribution >= 0.6 is 15.9 Å². The van der Waals surface area contributed by atoms with Crippen molar-refractivity contribution in [2.75, 3.05) is 0 Å². The van der Waals surface area contributed by atoms with Gasteiger partial charge in [-0.2, -0.15) is 4.39 Å². The highest BCUT2D eigenvalue weighted by Crippen LogP contribution is 2.39. The van der Waals surface area contributed by atoms with Gasteiger partial charge in [0.15, 0.2) is 0 Å². The Labute approximate surface area is 84.5 Å². The molecule has 0 atom stereocenters. The number of hydrogen-bond donors (Lipinski definition) is 1. The van der Waals surface area contributed by atoms with Crippen LogP contribution in [-0.4, -0.2) is 4.98 Å². The minimum absolute atomic E-state index is 0.439. The SMILES string of the molecule is NC1(c2cc(Br)cnc2F)CCC1. The van der Waals surface area contributed by atoms with Gasteiger partial charge in [-0.3, -0.25) is 0 Å². The summed E-state index contributed by atoms with van der Waals surface area (Å²) in [5.74, 6) is -0.439. The van der Waals surface area contributed by atoms with Gasteiger partial charge in [0, 0.05) is 21.8 Å². The average molecular weight is 245 g/mol. The Morgan fingerprint density at radius 3 is 2.77 bits per heavy atom. The van der Waals surface area contributed by atoms with E-state index in [2.05, 4.69) is 20.9 Å². The maximum atomic E-state index is 13.3. The van der Waals surface area contributed by atoms with E-state index in [4.69, 9.17) is 5.73 Å². The molecule has 1 heterocycles. The second kappa shape index (κ2) is 3.03. The summed E-state index contributed by atoms with van der Waals surface area (Å²) in [6.07, 6.45) is 4.22. The fourth-order valence-electron chi connectivity index (χ4n) is 1.60. The molecule has 0 saturated heterocycles. The van der Waals surface area contributed by atoms with Gasteiger partial charge in [-0.1, -0.05) is 0 Å². The van der Waals surface area contributed by atoms with Crippen molar-refractivity contribution in [3.05, 3.63) is 28.2 Å². The molecule has 0 radical (unpaired) electrons. The highest BCUT2D eigenvalue weighted by Gasteiger charge is 2.37. The summed E-state index contributed by atoms with van der Waals surface area (Å²) in [5.41, 5.74) is 6.06. The third kappa shape index (κ3) is 1.48. The first-order chi connectivity index (χ1) is 6.12. The summed E-state index contributed by atoms with van der Waals surface area (Å²) < 4.78 is 14.1. The van der Waals surface area contributed by atoms with Crippen molar-refractivity contribution in [2.45, 2.75) is 24.8 Å². The number of aromatic nitrogens is 1. The molecular weight excluding hydrogens is 235 g/mol. The smallest absolute Gasteiger partial charge is 0.217 e. The molecule has 0 aliphatic heterocycles. The van der Waals surface area contributed by atoms with Crippen LogP contribution in [0.25, 0.3) is 0 Å². The Hall–Kier alpha value is -0.480. The monoisotopic (exact) mass is 244 g/mol. The van der Waals surface area contributed by atoms with Gasteiger partial charge >= 0.3 is 0 Å². The molecule has 1 aromatic rings. The molecule has 0 aromatic carbocycles. The molecule has 1 aliphatic carbocycles. The minimum Gasteiger partial charge on any atom is -0.321 e. The fourth-order valence-corrected chi connectivity index (χ4v) is 1.93. The van der Waals surface area contributed by atoms with Crippen LogP contribution in [0.15, 0.2) is 16.7 Å². The first-order valence-corrected chi connectivity index (χ1v) is 5.01. The van der Waals surface area contributed by atoms with Crippen LogP contribution in [-0.2, 0) is 5.54 Å². The van der Waals surface area contributed by atoms with Gasteiger partial charge < -0.3 is 5.73 Å². The van der Waals surface area contributed by atoms with Crippen molar-refractivity contribution < 1.29 is 4.39 Å². The number of pyridine rings is 1. The van der Waals surface area contributed by atoms with Crippen molar-refractivity contribution in [1.82, 2.24) is 4.98 Å². The molecule has 2 nitrogen and oxygen atoms in total. The zero-order valence-corrected chi connectivity index (χ0v) is 8.64. The summed E-state index contributed by atoms with van der Waals surface area (Å²) in [7, 11) is 0. The Morgan fingerprint density at radius 2 is 2.23 bits per heavy atom. The number of halogens is 2. The summed E-state index contributed by atoms with van der Waals surface area (Å²) in [5, 5.41) is 0. The van der Waals surface area contributed by atoms with E-state index in [-0.39, 0.29) is 0 Å². The maximum Gasteiger partial charge on any atom is 0.217 e. The van der Waals surface area contributed by atoms with E-state index in [9.17, 15) is 4.39 Å². The Kier molecular flexibility index (Phi) is 2.12. The molecule has 0 bridgehead atoms. The first kappa shape index (κ1) is 9.09. The molecule has 2 rings (SSSR count). The second-order valence-electron chi connectivity index (χ2n) is 3.50. The maximum absolute atomic E-state index is 13.3. The molecule has 0 amide bonds. The normalized spacial score (nSPS) is 19.6. The molecular formula is C9H10BrFN2. The van der Waals surface area contributed by atoms with Crippen LogP contribution in [0.3, 0.4) is 0 Å². The van der Waals surface area contributed by atoms with E-state index in [1.807, 2.05) is 0 Å². The van der Waals surface area contributed by atoms with Gasteiger partial charge in [-0.15, -0.1) is 0 Å². The fraction of sp³-hybridized carbons (Fsp3) is 0.444. The van der Waals surface area contributed by atoms with Gasteiger partial charge in [-0.05, 0) is 41.3 Å². The summed E-state index contributed by atoms with van der Waals surface area (Å²) >= 11 is 3.26. The van der Waals surface area contributed by atoms with E-state index in [1.54, 1.807) is 6.07 Å². The third-order valence-corrected chi connectivity index (χ3v) is 3.02. The molecule has 0 unspecified atom stereocenters. The van der Waals surface area contributed by atoms with Crippen molar-refractivity contribution >= 4 is 15.9 Å². The van der Waals surface area contributed by atoms with E-state index >= 15 is 0 Å². The first-order valence-electron chi connectivity index (χ1n) is 4.22. The van der Waals surface area contributed by atoms with Crippen molar-refractivity contribution in [1.29, 1.82) is 0 Å². The zero-order chi connectivity index (χ0) is 9.47. The summed E-state index contributed by atoms with van der Waals surface area (Å²) in [6, 6.07) is 1.72. The van der Waals surface area contributed by atoms with Gasteiger partial charge in [-0.25, -0.2) is 4.98 Å². The predicted octanol–water partition coefficient (Wildman–Crippen LogP) is 2.32. The second-order valence-corrected chi connectivity index (χ2v) is 4.42. The molecule has 1 saturated carbocycles. The third-order valence-electron chi connectivity index (χ3n) is 2.59. The van der Waals surface area contributed by atoms with E-state index in [0.717, 1.165) is 23.7 Å². The molecule has 2 N–H and O–H groups in total. The lowest BCUT2D eigenvalue weighted by Crippen LogP contribution is -2.44. The Balaban J connectivity index is 2.43. The van der Waals surface area contributed by atoms with Crippen LogP contribution < -0.4 is 5.73 Å². The number of nitrogens with zero attached hydrogens (tertiary/aromatic N) is 1. The van der Waals surface area contributed by atoms with E-state index < -0.39 is 11.5 Å². The minimum atomic E-state index is -0.471. The molecule has 13 heavy (non-hydrogen) atoms. The van der Waals surface area contributed by atoms with E-state index in [0.29, 0.717) is 5.56 Å². The van der Waals surface area contributed by atoms with Gasteiger partial charge in [0.05, 0.1) is 0 Å².